The average Bonchev–Trinajstić information content (AvgIpc) is 2.61. The van der Waals surface area contributed by atoms with Crippen molar-refractivity contribution in [3.05, 3.63) is 27.8 Å². The molecule has 0 fully saturated rings. The van der Waals surface area contributed by atoms with Crippen molar-refractivity contribution >= 4 is 11.6 Å². The number of hydrogen-bond acceptors (Lipinski definition) is 3. The first kappa shape index (κ1) is 13.7. The van der Waals surface area contributed by atoms with Gasteiger partial charge in [0.15, 0.2) is 0 Å². The number of aryl methyl sites for hydroxylation is 1. The fourth-order valence-corrected chi connectivity index (χ4v) is 3.04. The summed E-state index contributed by atoms with van der Waals surface area (Å²) in [6.45, 7) is 0.184. The van der Waals surface area contributed by atoms with Crippen LogP contribution in [0.1, 0.15) is 42.1 Å². The molecule has 1 unspecified atom stereocenters. The van der Waals surface area contributed by atoms with E-state index in [1.165, 1.54) is 24.0 Å². The zero-order valence-corrected chi connectivity index (χ0v) is 11.5. The Morgan fingerprint density at radius 1 is 1.39 bits per heavy atom. The van der Waals surface area contributed by atoms with Crippen molar-refractivity contribution in [1.82, 2.24) is 0 Å². The van der Waals surface area contributed by atoms with Crippen LogP contribution in [0.5, 0.6) is 5.75 Å². The monoisotopic (exact) mass is 269 g/mol. The second-order valence-corrected chi connectivity index (χ2v) is 5.16. The average molecular weight is 270 g/mol. The number of ether oxygens (including phenoxy) is 1. The van der Waals surface area contributed by atoms with E-state index >= 15 is 0 Å². The standard InChI is InChI=1S/C14H20ClNO2/c1-18-14-11(15)7-9-5-3-2-4-6-10(9)13(14)12(17)8-16/h7,12,17H,2-6,8,16H2,1H3. The van der Waals surface area contributed by atoms with Crippen LogP contribution in [0.15, 0.2) is 6.07 Å². The van der Waals surface area contributed by atoms with Crippen molar-refractivity contribution < 1.29 is 9.84 Å². The van der Waals surface area contributed by atoms with E-state index in [4.69, 9.17) is 22.1 Å². The van der Waals surface area contributed by atoms with Crippen LogP contribution in [0.25, 0.3) is 0 Å². The van der Waals surface area contributed by atoms with E-state index in [0.29, 0.717) is 10.8 Å². The van der Waals surface area contributed by atoms with Gasteiger partial charge in [-0.25, -0.2) is 0 Å². The van der Waals surface area contributed by atoms with Crippen molar-refractivity contribution in [3.63, 3.8) is 0 Å². The van der Waals surface area contributed by atoms with Gasteiger partial charge in [-0.15, -0.1) is 0 Å². The van der Waals surface area contributed by atoms with E-state index in [1.54, 1.807) is 7.11 Å². The molecule has 1 aliphatic carbocycles. The molecule has 1 aromatic carbocycles. The molecule has 0 radical (unpaired) electrons. The number of fused-ring (bicyclic) bond motifs is 1. The molecule has 3 nitrogen and oxygen atoms in total. The molecule has 100 valence electrons. The van der Waals surface area contributed by atoms with Crippen molar-refractivity contribution in [3.8, 4) is 5.75 Å². The smallest absolute Gasteiger partial charge is 0.143 e. The van der Waals surface area contributed by atoms with E-state index < -0.39 is 6.10 Å². The number of nitrogens with two attached hydrogens (primary N) is 1. The zero-order valence-electron chi connectivity index (χ0n) is 10.7. The molecule has 4 heteroatoms. The molecule has 0 saturated carbocycles. The predicted molar refractivity (Wildman–Crippen MR) is 73.3 cm³/mol. The summed E-state index contributed by atoms with van der Waals surface area (Å²) in [5, 5.41) is 10.7. The molecule has 0 aromatic heterocycles. The number of hydrogen-bond donors (Lipinski definition) is 2. The van der Waals surface area contributed by atoms with Crippen molar-refractivity contribution in [2.24, 2.45) is 5.73 Å². The number of aliphatic hydroxyl groups excluding tert-OH is 1. The first-order valence-electron chi connectivity index (χ1n) is 6.45. The quantitative estimate of drug-likeness (QED) is 0.830. The van der Waals surface area contributed by atoms with Gasteiger partial charge >= 0.3 is 0 Å². The highest BCUT2D eigenvalue weighted by molar-refractivity contribution is 6.32. The minimum absolute atomic E-state index is 0.184. The fourth-order valence-electron chi connectivity index (χ4n) is 2.73. The van der Waals surface area contributed by atoms with Gasteiger partial charge in [-0.1, -0.05) is 18.0 Å². The van der Waals surface area contributed by atoms with Gasteiger partial charge in [0, 0.05) is 12.1 Å². The Morgan fingerprint density at radius 2 is 2.11 bits per heavy atom. The first-order chi connectivity index (χ1) is 8.69. The zero-order chi connectivity index (χ0) is 13.1. The Bertz CT molecular complexity index is 434. The fraction of sp³-hybridized carbons (Fsp3) is 0.571. The summed E-state index contributed by atoms with van der Waals surface area (Å²) in [5.41, 5.74) is 8.82. The molecule has 0 aliphatic heterocycles. The van der Waals surface area contributed by atoms with E-state index in [2.05, 4.69) is 0 Å². The van der Waals surface area contributed by atoms with Crippen LogP contribution in [-0.2, 0) is 12.8 Å². The van der Waals surface area contributed by atoms with Gasteiger partial charge in [-0.3, -0.25) is 0 Å². The summed E-state index contributed by atoms with van der Waals surface area (Å²) in [6, 6.07) is 1.98. The predicted octanol–water partition coefficient (Wildman–Crippen LogP) is 2.61. The van der Waals surface area contributed by atoms with Crippen LogP contribution < -0.4 is 10.5 Å². The molecule has 18 heavy (non-hydrogen) atoms. The Hall–Kier alpha value is -0.770. The molecule has 1 atom stereocenters. The summed E-state index contributed by atoms with van der Waals surface area (Å²) >= 11 is 6.24. The van der Waals surface area contributed by atoms with E-state index in [-0.39, 0.29) is 6.54 Å². The molecule has 3 N–H and O–H groups in total. The SMILES string of the molecule is COc1c(Cl)cc2c(c1C(O)CN)CCCCC2. The summed E-state index contributed by atoms with van der Waals surface area (Å²) in [5.74, 6) is 0.579. The number of aliphatic hydroxyl groups is 1. The molecule has 0 spiro atoms. The summed E-state index contributed by atoms with van der Waals surface area (Å²) in [6.07, 6.45) is 4.81. The van der Waals surface area contributed by atoms with Gasteiger partial charge < -0.3 is 15.6 Å². The molecule has 0 amide bonds. The molecular formula is C14H20ClNO2. The van der Waals surface area contributed by atoms with Crippen LogP contribution in [0.4, 0.5) is 0 Å². The maximum Gasteiger partial charge on any atom is 0.143 e. The lowest BCUT2D eigenvalue weighted by Crippen LogP contribution is -2.16. The summed E-state index contributed by atoms with van der Waals surface area (Å²) in [7, 11) is 1.58. The van der Waals surface area contributed by atoms with E-state index in [9.17, 15) is 5.11 Å². The molecule has 1 aromatic rings. The number of benzene rings is 1. The maximum absolute atomic E-state index is 10.1. The highest BCUT2D eigenvalue weighted by atomic mass is 35.5. The molecule has 0 saturated heterocycles. The molecule has 0 bridgehead atoms. The number of methoxy groups -OCH3 is 1. The van der Waals surface area contributed by atoms with Crippen LogP contribution in [0, 0.1) is 0 Å². The third kappa shape index (κ3) is 2.48. The molecule has 0 heterocycles. The topological polar surface area (TPSA) is 55.5 Å². The van der Waals surface area contributed by atoms with Gasteiger partial charge in [-0.05, 0) is 42.9 Å². The summed E-state index contributed by atoms with van der Waals surface area (Å²) < 4.78 is 5.36. The van der Waals surface area contributed by atoms with Crippen LogP contribution in [0.2, 0.25) is 5.02 Å². The molecule has 1 aliphatic rings. The lowest BCUT2D eigenvalue weighted by Gasteiger charge is -2.21. The number of rotatable bonds is 3. The highest BCUT2D eigenvalue weighted by Gasteiger charge is 2.23. The third-order valence-electron chi connectivity index (χ3n) is 3.61. The Kier molecular flexibility index (Phi) is 4.49. The lowest BCUT2D eigenvalue weighted by atomic mass is 9.93. The van der Waals surface area contributed by atoms with Gasteiger partial charge in [0.25, 0.3) is 0 Å². The Balaban J connectivity index is 2.60. The maximum atomic E-state index is 10.1. The Labute approximate surface area is 113 Å². The van der Waals surface area contributed by atoms with E-state index in [0.717, 1.165) is 24.8 Å². The van der Waals surface area contributed by atoms with Gasteiger partial charge in [0.05, 0.1) is 18.2 Å². The van der Waals surface area contributed by atoms with Crippen molar-refractivity contribution in [1.29, 1.82) is 0 Å². The number of halogens is 1. The minimum atomic E-state index is -0.703. The highest BCUT2D eigenvalue weighted by Crippen LogP contribution is 2.39. The van der Waals surface area contributed by atoms with Crippen molar-refractivity contribution in [2.45, 2.75) is 38.2 Å². The molecule has 2 rings (SSSR count). The second kappa shape index (κ2) is 5.91. The van der Waals surface area contributed by atoms with Gasteiger partial charge in [0.1, 0.15) is 5.75 Å². The van der Waals surface area contributed by atoms with Gasteiger partial charge in [-0.2, -0.15) is 0 Å². The lowest BCUT2D eigenvalue weighted by molar-refractivity contribution is 0.181. The van der Waals surface area contributed by atoms with Crippen LogP contribution in [-0.4, -0.2) is 18.8 Å². The second-order valence-electron chi connectivity index (χ2n) is 4.76. The van der Waals surface area contributed by atoms with E-state index in [1.807, 2.05) is 6.07 Å². The van der Waals surface area contributed by atoms with Gasteiger partial charge in [0.2, 0.25) is 0 Å². The minimum Gasteiger partial charge on any atom is -0.495 e. The van der Waals surface area contributed by atoms with Crippen molar-refractivity contribution in [2.75, 3.05) is 13.7 Å². The van der Waals surface area contributed by atoms with Crippen LogP contribution in [0.3, 0.4) is 0 Å². The largest absolute Gasteiger partial charge is 0.495 e. The Morgan fingerprint density at radius 3 is 2.78 bits per heavy atom. The summed E-state index contributed by atoms with van der Waals surface area (Å²) in [4.78, 5) is 0. The third-order valence-corrected chi connectivity index (χ3v) is 3.89. The normalized spacial score (nSPS) is 16.9. The molecular weight excluding hydrogens is 250 g/mol. The van der Waals surface area contributed by atoms with Crippen LogP contribution >= 0.6 is 11.6 Å². The first-order valence-corrected chi connectivity index (χ1v) is 6.83.